The number of hydrogen-bond acceptors (Lipinski definition) is 5. The molecule has 2 aliphatic heterocycles. The molecule has 6 heteroatoms. The predicted octanol–water partition coefficient (Wildman–Crippen LogP) is 3.86. The average molecular weight is 406 g/mol. The fourth-order valence-corrected chi connectivity index (χ4v) is 4.75. The van der Waals surface area contributed by atoms with Crippen molar-refractivity contribution < 1.29 is 19.1 Å². The van der Waals surface area contributed by atoms with Gasteiger partial charge in [0, 0.05) is 24.3 Å². The first kappa shape index (κ1) is 21.2. The van der Waals surface area contributed by atoms with E-state index in [-0.39, 0.29) is 23.4 Å². The summed E-state index contributed by atoms with van der Waals surface area (Å²) < 4.78 is 11.2. The summed E-state index contributed by atoms with van der Waals surface area (Å²) in [6.45, 7) is 9.73. The van der Waals surface area contributed by atoms with Gasteiger partial charge in [-0.25, -0.2) is 4.79 Å². The first-order valence-corrected chi connectivity index (χ1v) is 11.2. The van der Waals surface area contributed by atoms with Gasteiger partial charge in [0.1, 0.15) is 6.04 Å². The van der Waals surface area contributed by atoms with Gasteiger partial charge in [-0.3, -0.25) is 4.79 Å². The van der Waals surface area contributed by atoms with Gasteiger partial charge in [-0.1, -0.05) is 39.8 Å². The number of thioether (sulfide) groups is 1. The van der Waals surface area contributed by atoms with Gasteiger partial charge in [-0.2, -0.15) is 0 Å². The molecule has 2 heterocycles. The zero-order valence-corrected chi connectivity index (χ0v) is 18.1. The lowest BCUT2D eigenvalue weighted by Crippen LogP contribution is -2.43. The molecule has 1 amide bonds. The van der Waals surface area contributed by atoms with Crippen molar-refractivity contribution >= 4 is 23.6 Å². The van der Waals surface area contributed by atoms with Crippen LogP contribution >= 0.6 is 11.8 Å². The van der Waals surface area contributed by atoms with Crippen LogP contribution in [0.4, 0.5) is 0 Å². The highest BCUT2D eigenvalue weighted by molar-refractivity contribution is 7.99. The Balaban J connectivity index is 1.57. The van der Waals surface area contributed by atoms with Crippen LogP contribution in [0.3, 0.4) is 0 Å². The van der Waals surface area contributed by atoms with Gasteiger partial charge < -0.3 is 14.4 Å². The van der Waals surface area contributed by atoms with Crippen molar-refractivity contribution in [2.24, 2.45) is 5.92 Å². The predicted molar refractivity (Wildman–Crippen MR) is 112 cm³/mol. The topological polar surface area (TPSA) is 55.8 Å². The van der Waals surface area contributed by atoms with Crippen molar-refractivity contribution in [2.45, 2.75) is 58.1 Å². The third kappa shape index (κ3) is 4.90. The Morgan fingerprint density at radius 1 is 1.25 bits per heavy atom. The number of nitrogens with zero attached hydrogens (tertiary/aromatic N) is 1. The maximum absolute atomic E-state index is 12.9. The highest BCUT2D eigenvalue weighted by atomic mass is 32.2. The smallest absolute Gasteiger partial charge is 0.329 e. The van der Waals surface area contributed by atoms with Gasteiger partial charge in [-0.05, 0) is 35.4 Å². The standard InChI is InChI=1S/C22H31NO4S/c1-15-9-11-26-19(15)10-12-27-21(25)18-13-28-14-23(18)20(24)16-5-7-17(8-6-16)22(2,3)4/h5-8,15,18-19H,9-14H2,1-4H3. The highest BCUT2D eigenvalue weighted by Crippen LogP contribution is 2.27. The average Bonchev–Trinajstić information content (AvgIpc) is 3.30. The summed E-state index contributed by atoms with van der Waals surface area (Å²) >= 11 is 1.59. The highest BCUT2D eigenvalue weighted by Gasteiger charge is 2.36. The van der Waals surface area contributed by atoms with E-state index in [9.17, 15) is 9.59 Å². The van der Waals surface area contributed by atoms with Crippen LogP contribution in [0.5, 0.6) is 0 Å². The van der Waals surface area contributed by atoms with Crippen molar-refractivity contribution in [3.8, 4) is 0 Å². The number of esters is 1. The first-order chi connectivity index (χ1) is 13.3. The van der Waals surface area contributed by atoms with E-state index in [1.54, 1.807) is 16.7 Å². The SMILES string of the molecule is CC1CCOC1CCOC(=O)C1CSCN1C(=O)c1ccc(C(C)(C)C)cc1. The summed E-state index contributed by atoms with van der Waals surface area (Å²) in [5, 5.41) is 0. The maximum Gasteiger partial charge on any atom is 0.329 e. The summed E-state index contributed by atoms with van der Waals surface area (Å²) in [7, 11) is 0. The molecule has 0 saturated carbocycles. The molecule has 2 fully saturated rings. The van der Waals surface area contributed by atoms with Crippen LogP contribution in [0.1, 0.15) is 56.5 Å². The second-order valence-corrected chi connectivity index (χ2v) is 9.75. The van der Waals surface area contributed by atoms with Crippen molar-refractivity contribution in [1.29, 1.82) is 0 Å². The van der Waals surface area contributed by atoms with Crippen molar-refractivity contribution in [3.63, 3.8) is 0 Å². The van der Waals surface area contributed by atoms with Crippen LogP contribution in [0.15, 0.2) is 24.3 Å². The Kier molecular flexibility index (Phi) is 6.71. The van der Waals surface area contributed by atoms with Crippen LogP contribution in [0.2, 0.25) is 0 Å². The monoisotopic (exact) mass is 405 g/mol. The minimum Gasteiger partial charge on any atom is -0.464 e. The Morgan fingerprint density at radius 3 is 2.57 bits per heavy atom. The number of benzene rings is 1. The van der Waals surface area contributed by atoms with Crippen molar-refractivity contribution in [1.82, 2.24) is 4.90 Å². The van der Waals surface area contributed by atoms with Crippen molar-refractivity contribution in [2.75, 3.05) is 24.8 Å². The number of ether oxygens (including phenoxy) is 2. The summed E-state index contributed by atoms with van der Waals surface area (Å²) in [5.74, 6) is 1.19. The molecule has 3 rings (SSSR count). The Labute approximate surface area is 172 Å². The molecule has 3 atom stereocenters. The molecule has 0 bridgehead atoms. The lowest BCUT2D eigenvalue weighted by molar-refractivity contribution is -0.148. The van der Waals surface area contributed by atoms with Crippen LogP contribution in [0.25, 0.3) is 0 Å². The van der Waals surface area contributed by atoms with E-state index >= 15 is 0 Å². The number of hydrogen-bond donors (Lipinski definition) is 0. The number of carbonyl (C=O) groups excluding carboxylic acids is 2. The van der Waals surface area contributed by atoms with Crippen molar-refractivity contribution in [3.05, 3.63) is 35.4 Å². The van der Waals surface area contributed by atoms with Gasteiger partial charge in [0.25, 0.3) is 5.91 Å². The van der Waals surface area contributed by atoms with Crippen LogP contribution < -0.4 is 0 Å². The Bertz CT molecular complexity index is 697. The number of rotatable bonds is 5. The Hall–Kier alpha value is -1.53. The molecule has 5 nitrogen and oxygen atoms in total. The van der Waals surface area contributed by atoms with E-state index in [4.69, 9.17) is 9.47 Å². The minimum atomic E-state index is -0.512. The summed E-state index contributed by atoms with van der Waals surface area (Å²) in [5.41, 5.74) is 1.83. The number of amides is 1. The maximum atomic E-state index is 12.9. The molecule has 1 aromatic carbocycles. The molecule has 0 spiro atoms. The lowest BCUT2D eigenvalue weighted by atomic mass is 9.86. The zero-order valence-electron chi connectivity index (χ0n) is 17.3. The van der Waals surface area contributed by atoms with E-state index in [2.05, 4.69) is 27.7 Å². The van der Waals surface area contributed by atoms with Gasteiger partial charge >= 0.3 is 5.97 Å². The van der Waals surface area contributed by atoms with Gasteiger partial charge in [0.2, 0.25) is 0 Å². The van der Waals surface area contributed by atoms with E-state index in [1.165, 1.54) is 5.56 Å². The molecule has 154 valence electrons. The van der Waals surface area contributed by atoms with E-state index in [0.717, 1.165) is 19.4 Å². The third-order valence-corrected chi connectivity index (χ3v) is 6.61. The normalized spacial score (nSPS) is 25.1. The fourth-order valence-electron chi connectivity index (χ4n) is 3.61. The molecular formula is C22H31NO4S. The molecule has 2 saturated heterocycles. The summed E-state index contributed by atoms with van der Waals surface area (Å²) in [6.07, 6.45) is 1.95. The van der Waals surface area contributed by atoms with E-state index < -0.39 is 6.04 Å². The molecule has 1 aromatic rings. The molecular weight excluding hydrogens is 374 g/mol. The lowest BCUT2D eigenvalue weighted by Gasteiger charge is -2.24. The van der Waals surface area contributed by atoms with Gasteiger partial charge in [0.15, 0.2) is 0 Å². The quantitative estimate of drug-likeness (QED) is 0.697. The number of carbonyl (C=O) groups is 2. The molecule has 2 aliphatic rings. The molecule has 0 N–H and O–H groups in total. The van der Waals surface area contributed by atoms with E-state index in [1.807, 2.05) is 24.3 Å². The van der Waals surface area contributed by atoms with E-state index in [0.29, 0.717) is 29.7 Å². The Morgan fingerprint density at radius 2 is 1.96 bits per heavy atom. The van der Waals surface area contributed by atoms with Crippen LogP contribution in [-0.2, 0) is 19.7 Å². The van der Waals surface area contributed by atoms with Crippen LogP contribution in [-0.4, -0.2) is 53.8 Å². The first-order valence-electron chi connectivity index (χ1n) is 10.0. The van der Waals surface area contributed by atoms with Gasteiger partial charge in [-0.15, -0.1) is 11.8 Å². The summed E-state index contributed by atoms with van der Waals surface area (Å²) in [6, 6.07) is 7.18. The fraction of sp³-hybridized carbons (Fsp3) is 0.636. The molecule has 0 aliphatic carbocycles. The third-order valence-electron chi connectivity index (χ3n) is 5.60. The van der Waals surface area contributed by atoms with Crippen LogP contribution in [0, 0.1) is 5.92 Å². The molecule has 0 aromatic heterocycles. The second kappa shape index (κ2) is 8.87. The van der Waals surface area contributed by atoms with Gasteiger partial charge in [0.05, 0.1) is 18.6 Å². The minimum absolute atomic E-state index is 0.0396. The molecule has 0 radical (unpaired) electrons. The summed E-state index contributed by atoms with van der Waals surface area (Å²) in [4.78, 5) is 27.1. The largest absolute Gasteiger partial charge is 0.464 e. The zero-order chi connectivity index (χ0) is 20.3. The second-order valence-electron chi connectivity index (χ2n) is 8.75. The molecule has 3 unspecified atom stereocenters. The molecule has 28 heavy (non-hydrogen) atoms.